The van der Waals surface area contributed by atoms with Crippen LogP contribution in [0.3, 0.4) is 0 Å². The largest absolute Gasteiger partial charge is 0.347 e. The van der Waals surface area contributed by atoms with E-state index < -0.39 is 11.9 Å². The van der Waals surface area contributed by atoms with E-state index >= 15 is 0 Å². The second kappa shape index (κ2) is 8.56. The minimum absolute atomic E-state index is 0.125. The van der Waals surface area contributed by atoms with Crippen LogP contribution in [-0.4, -0.2) is 79.6 Å². The monoisotopic (exact) mass is 477 g/mol. The number of nitrogens with one attached hydrogen (secondary N) is 2. The van der Waals surface area contributed by atoms with E-state index in [1.165, 1.54) is 28.8 Å². The Balaban J connectivity index is 1.14. The SMILES string of the molecule is O=C1CCC(N2Cc3cc(-n4cc(C(=O)NC5CC6CCCCN6C5)nn4)ccc3C2=O)C(=O)N1. The van der Waals surface area contributed by atoms with Crippen molar-refractivity contribution in [3.8, 4) is 5.69 Å². The van der Waals surface area contributed by atoms with E-state index in [1.54, 1.807) is 18.3 Å². The van der Waals surface area contributed by atoms with Crippen molar-refractivity contribution in [3.05, 3.63) is 41.2 Å². The highest BCUT2D eigenvalue weighted by atomic mass is 16.2. The summed E-state index contributed by atoms with van der Waals surface area (Å²) >= 11 is 0. The molecule has 0 bridgehead atoms. The van der Waals surface area contributed by atoms with Gasteiger partial charge in [-0.15, -0.1) is 5.10 Å². The van der Waals surface area contributed by atoms with Crippen LogP contribution in [0, 0.1) is 0 Å². The second-order valence-electron chi connectivity index (χ2n) is 9.84. The van der Waals surface area contributed by atoms with Gasteiger partial charge in [-0.25, -0.2) is 4.68 Å². The Labute approximate surface area is 201 Å². The minimum Gasteiger partial charge on any atom is -0.347 e. The van der Waals surface area contributed by atoms with Crippen LogP contribution in [0.25, 0.3) is 5.69 Å². The molecule has 1 aromatic carbocycles. The van der Waals surface area contributed by atoms with Crippen molar-refractivity contribution in [2.24, 2.45) is 0 Å². The zero-order chi connectivity index (χ0) is 24.1. The summed E-state index contributed by atoms with van der Waals surface area (Å²) in [4.78, 5) is 53.4. The average Bonchev–Trinajstić information content (AvgIpc) is 3.56. The lowest BCUT2D eigenvalue weighted by molar-refractivity contribution is -0.136. The molecule has 2 N–H and O–H groups in total. The summed E-state index contributed by atoms with van der Waals surface area (Å²) in [7, 11) is 0. The van der Waals surface area contributed by atoms with Gasteiger partial charge in [-0.3, -0.25) is 29.4 Å². The van der Waals surface area contributed by atoms with Crippen LogP contribution >= 0.6 is 0 Å². The molecular weight excluding hydrogens is 450 g/mol. The van der Waals surface area contributed by atoms with E-state index in [0.717, 1.165) is 25.1 Å². The van der Waals surface area contributed by atoms with Gasteiger partial charge >= 0.3 is 0 Å². The number of carbonyl (C=O) groups is 4. The van der Waals surface area contributed by atoms with E-state index in [2.05, 4.69) is 25.8 Å². The van der Waals surface area contributed by atoms with Crippen molar-refractivity contribution in [2.75, 3.05) is 13.1 Å². The van der Waals surface area contributed by atoms with Gasteiger partial charge in [0.05, 0.1) is 11.9 Å². The molecule has 4 amide bonds. The van der Waals surface area contributed by atoms with E-state index in [9.17, 15) is 19.2 Å². The van der Waals surface area contributed by atoms with E-state index in [1.807, 2.05) is 6.07 Å². The van der Waals surface area contributed by atoms with Gasteiger partial charge < -0.3 is 10.2 Å². The van der Waals surface area contributed by atoms with E-state index in [-0.39, 0.29) is 42.4 Å². The molecule has 11 heteroatoms. The summed E-state index contributed by atoms with van der Waals surface area (Å²) in [5.41, 5.74) is 2.21. The van der Waals surface area contributed by atoms with Gasteiger partial charge in [-0.05, 0) is 56.0 Å². The zero-order valence-electron chi connectivity index (χ0n) is 19.3. The fourth-order valence-electron chi connectivity index (χ4n) is 5.81. The van der Waals surface area contributed by atoms with Crippen LogP contribution in [0.15, 0.2) is 24.4 Å². The number of aromatic nitrogens is 3. The first kappa shape index (κ1) is 21.9. The Hall–Kier alpha value is -3.60. The third kappa shape index (κ3) is 3.99. The van der Waals surface area contributed by atoms with Crippen molar-refractivity contribution in [1.82, 2.24) is 35.4 Å². The molecule has 11 nitrogen and oxygen atoms in total. The summed E-state index contributed by atoms with van der Waals surface area (Å²) < 4.78 is 1.52. The van der Waals surface area contributed by atoms with Gasteiger partial charge in [-0.2, -0.15) is 0 Å². The molecule has 0 saturated carbocycles. The number of hydrogen-bond acceptors (Lipinski definition) is 7. The number of piperidine rings is 2. The molecule has 5 heterocycles. The van der Waals surface area contributed by atoms with E-state index in [4.69, 9.17) is 0 Å². The molecule has 182 valence electrons. The second-order valence-corrected chi connectivity index (χ2v) is 9.84. The van der Waals surface area contributed by atoms with Gasteiger partial charge in [0.25, 0.3) is 11.8 Å². The summed E-state index contributed by atoms with van der Waals surface area (Å²) in [6.45, 7) is 2.26. The average molecular weight is 478 g/mol. The fraction of sp³-hybridized carbons (Fsp3) is 0.500. The molecule has 0 radical (unpaired) electrons. The molecule has 3 fully saturated rings. The first-order valence-electron chi connectivity index (χ1n) is 12.2. The van der Waals surface area contributed by atoms with Gasteiger partial charge in [0.1, 0.15) is 6.04 Å². The topological polar surface area (TPSA) is 130 Å². The Bertz CT molecular complexity index is 1210. The highest BCUT2D eigenvalue weighted by molar-refractivity contribution is 6.05. The standard InChI is InChI=1S/C24H27N7O4/c32-21-7-6-20(23(34)26-21)30-11-14-9-17(4-5-18(14)24(30)35)31-13-19(27-28-31)22(33)25-15-10-16-3-1-2-8-29(16)12-15/h4-5,9,13,15-16,20H,1-3,6-8,10-12H2,(H,25,33)(H,26,32,34). The number of rotatable bonds is 4. The molecule has 0 spiro atoms. The molecule has 4 aliphatic heterocycles. The highest BCUT2D eigenvalue weighted by Gasteiger charge is 2.39. The fourth-order valence-corrected chi connectivity index (χ4v) is 5.81. The van der Waals surface area contributed by atoms with Crippen molar-refractivity contribution >= 4 is 23.6 Å². The normalized spacial score (nSPS) is 26.5. The maximum atomic E-state index is 12.9. The number of carbonyl (C=O) groups excluding carboxylic acids is 4. The predicted molar refractivity (Wildman–Crippen MR) is 122 cm³/mol. The lowest BCUT2D eigenvalue weighted by atomic mass is 10.0. The number of nitrogens with zero attached hydrogens (tertiary/aromatic N) is 5. The third-order valence-corrected chi connectivity index (χ3v) is 7.59. The van der Waals surface area contributed by atoms with Crippen LogP contribution in [0.4, 0.5) is 0 Å². The molecule has 2 aromatic rings. The number of imide groups is 1. The first-order chi connectivity index (χ1) is 17.0. The Kier molecular flexibility index (Phi) is 5.36. The minimum atomic E-state index is -0.659. The van der Waals surface area contributed by atoms with Crippen molar-refractivity contribution in [3.63, 3.8) is 0 Å². The van der Waals surface area contributed by atoms with Crippen molar-refractivity contribution < 1.29 is 19.2 Å². The molecular formula is C24H27N7O4. The molecule has 3 saturated heterocycles. The summed E-state index contributed by atoms with van der Waals surface area (Å²) in [6.07, 6.45) is 6.78. The first-order valence-corrected chi connectivity index (χ1v) is 12.2. The highest BCUT2D eigenvalue weighted by Crippen LogP contribution is 2.29. The van der Waals surface area contributed by atoms with Gasteiger partial charge in [0, 0.05) is 37.2 Å². The number of fused-ring (bicyclic) bond motifs is 2. The van der Waals surface area contributed by atoms with Crippen LogP contribution in [0.2, 0.25) is 0 Å². The quantitative estimate of drug-likeness (QED) is 0.609. The van der Waals surface area contributed by atoms with Crippen LogP contribution in [0.5, 0.6) is 0 Å². The molecule has 1 aromatic heterocycles. The van der Waals surface area contributed by atoms with Gasteiger partial charge in [-0.1, -0.05) is 11.6 Å². The lowest BCUT2D eigenvalue weighted by Gasteiger charge is -2.29. The molecule has 0 aliphatic carbocycles. The number of benzene rings is 1. The molecule has 4 aliphatic rings. The Morgan fingerprint density at radius 1 is 1.14 bits per heavy atom. The summed E-state index contributed by atoms with van der Waals surface area (Å²) in [6, 6.07) is 5.31. The van der Waals surface area contributed by atoms with Gasteiger partial charge in [0.2, 0.25) is 11.8 Å². The Morgan fingerprint density at radius 2 is 2.03 bits per heavy atom. The zero-order valence-corrected chi connectivity index (χ0v) is 19.3. The van der Waals surface area contributed by atoms with Crippen LogP contribution in [-0.2, 0) is 16.1 Å². The lowest BCUT2D eigenvalue weighted by Crippen LogP contribution is -2.52. The molecule has 3 atom stereocenters. The van der Waals surface area contributed by atoms with Crippen LogP contribution < -0.4 is 10.6 Å². The molecule has 35 heavy (non-hydrogen) atoms. The predicted octanol–water partition coefficient (Wildman–Crippen LogP) is 0.385. The molecule has 3 unspecified atom stereocenters. The molecule has 6 rings (SSSR count). The van der Waals surface area contributed by atoms with Crippen molar-refractivity contribution in [2.45, 2.75) is 63.2 Å². The van der Waals surface area contributed by atoms with Crippen molar-refractivity contribution in [1.29, 1.82) is 0 Å². The maximum Gasteiger partial charge on any atom is 0.273 e. The maximum absolute atomic E-state index is 12.9. The van der Waals surface area contributed by atoms with Crippen LogP contribution in [0.1, 0.15) is 64.9 Å². The summed E-state index contributed by atoms with van der Waals surface area (Å²) in [5, 5.41) is 13.6. The van der Waals surface area contributed by atoms with Gasteiger partial charge in [0.15, 0.2) is 5.69 Å². The summed E-state index contributed by atoms with van der Waals surface area (Å²) in [5.74, 6) is -1.21. The number of hydrogen-bond donors (Lipinski definition) is 2. The van der Waals surface area contributed by atoms with E-state index in [0.29, 0.717) is 23.7 Å². The third-order valence-electron chi connectivity index (χ3n) is 7.59. The Morgan fingerprint density at radius 3 is 2.86 bits per heavy atom. The smallest absolute Gasteiger partial charge is 0.273 e. The number of amides is 4.